The predicted octanol–water partition coefficient (Wildman–Crippen LogP) is 3.62. The zero-order chi connectivity index (χ0) is 16.2. The number of nitrogens with zero attached hydrogens (tertiary/aromatic N) is 3. The molecule has 7 heteroatoms. The van der Waals surface area contributed by atoms with Gasteiger partial charge in [-0.25, -0.2) is 9.97 Å². The van der Waals surface area contributed by atoms with Crippen LogP contribution in [0.3, 0.4) is 0 Å². The van der Waals surface area contributed by atoms with E-state index < -0.39 is 0 Å². The minimum absolute atomic E-state index is 0.161. The lowest BCUT2D eigenvalue weighted by Crippen LogP contribution is -2.21. The first-order valence-electron chi connectivity index (χ1n) is 7.21. The lowest BCUT2D eigenvalue weighted by Gasteiger charge is -2.15. The maximum Gasteiger partial charge on any atom is 0.189 e. The number of hydrogen-bond donors (Lipinski definition) is 2. The molecule has 0 spiro atoms. The van der Waals surface area contributed by atoms with Crippen LogP contribution in [0.25, 0.3) is 10.2 Å². The summed E-state index contributed by atoms with van der Waals surface area (Å²) >= 11 is 5.08. The lowest BCUT2D eigenvalue weighted by molar-refractivity contribution is 0.217. The van der Waals surface area contributed by atoms with E-state index in [4.69, 9.17) is 5.11 Å². The number of nitrogens with one attached hydrogen (secondary N) is 1. The van der Waals surface area contributed by atoms with E-state index in [-0.39, 0.29) is 6.61 Å². The quantitative estimate of drug-likeness (QED) is 0.670. The Morgan fingerprint density at radius 3 is 3.00 bits per heavy atom. The van der Waals surface area contributed by atoms with Crippen LogP contribution in [0, 0.1) is 0 Å². The van der Waals surface area contributed by atoms with Crippen LogP contribution in [0.2, 0.25) is 0 Å². The van der Waals surface area contributed by atoms with Crippen LogP contribution in [0.1, 0.15) is 5.56 Å². The van der Waals surface area contributed by atoms with E-state index in [2.05, 4.69) is 42.2 Å². The highest BCUT2D eigenvalue weighted by atomic mass is 79.9. The molecule has 0 unspecified atom stereocenters. The van der Waals surface area contributed by atoms with Gasteiger partial charge in [0.05, 0.1) is 16.8 Å². The Morgan fingerprint density at radius 2 is 2.17 bits per heavy atom. The Labute approximate surface area is 147 Å². The first-order valence-corrected chi connectivity index (χ1v) is 8.82. The third kappa shape index (κ3) is 4.26. The summed E-state index contributed by atoms with van der Waals surface area (Å²) in [5.41, 5.74) is 2.11. The summed E-state index contributed by atoms with van der Waals surface area (Å²) in [5, 5.41) is 13.1. The van der Waals surface area contributed by atoms with Crippen LogP contribution < -0.4 is 5.32 Å². The topological polar surface area (TPSA) is 61.3 Å². The number of aromatic nitrogens is 2. The van der Waals surface area contributed by atoms with Gasteiger partial charge in [0.1, 0.15) is 5.82 Å². The summed E-state index contributed by atoms with van der Waals surface area (Å²) in [4.78, 5) is 11.0. The Kier molecular flexibility index (Phi) is 5.22. The van der Waals surface area contributed by atoms with Gasteiger partial charge in [-0.15, -0.1) is 0 Å². The van der Waals surface area contributed by atoms with Gasteiger partial charge in [-0.1, -0.05) is 27.3 Å². The van der Waals surface area contributed by atoms with Gasteiger partial charge in [-0.2, -0.15) is 0 Å². The van der Waals surface area contributed by atoms with Gasteiger partial charge in [0, 0.05) is 23.8 Å². The van der Waals surface area contributed by atoms with Crippen molar-refractivity contribution in [3.63, 3.8) is 0 Å². The zero-order valence-corrected chi connectivity index (χ0v) is 15.1. The number of aliphatic hydroxyl groups excluding tert-OH is 1. The molecule has 1 aromatic carbocycles. The molecule has 0 amide bonds. The Balaban J connectivity index is 1.76. The third-order valence-electron chi connectivity index (χ3n) is 3.34. The summed E-state index contributed by atoms with van der Waals surface area (Å²) in [6, 6.07) is 10.0. The number of benzene rings is 1. The molecule has 0 fully saturated rings. The van der Waals surface area contributed by atoms with E-state index >= 15 is 0 Å². The molecule has 23 heavy (non-hydrogen) atoms. The van der Waals surface area contributed by atoms with Crippen molar-refractivity contribution >= 4 is 48.4 Å². The molecule has 0 radical (unpaired) electrons. The van der Waals surface area contributed by atoms with Gasteiger partial charge in [0.15, 0.2) is 5.13 Å². The average Bonchev–Trinajstić information content (AvgIpc) is 2.89. The molecular weight excluding hydrogens is 376 g/mol. The Hall–Kier alpha value is -1.54. The molecule has 5 nitrogen and oxygen atoms in total. The van der Waals surface area contributed by atoms with Crippen molar-refractivity contribution in [3.8, 4) is 0 Å². The molecule has 0 bridgehead atoms. The summed E-state index contributed by atoms with van der Waals surface area (Å²) in [7, 11) is 1.98. The standard InChI is InChI=1S/C16H17BrN4OS/c1-21(6-7-22)10-11-4-5-18-15(8-11)20-16-19-13-3-2-12(17)9-14(13)23-16/h2-5,8-9,22H,6-7,10H2,1H3,(H,18,19,20). The average molecular weight is 393 g/mol. The van der Waals surface area contributed by atoms with E-state index in [1.807, 2.05) is 31.3 Å². The highest BCUT2D eigenvalue weighted by Gasteiger charge is 2.06. The predicted molar refractivity (Wildman–Crippen MR) is 98.3 cm³/mol. The molecule has 2 aromatic heterocycles. The van der Waals surface area contributed by atoms with Gasteiger partial charge in [0.25, 0.3) is 0 Å². The van der Waals surface area contributed by atoms with Crippen LogP contribution in [0.5, 0.6) is 0 Å². The van der Waals surface area contributed by atoms with Gasteiger partial charge < -0.3 is 10.4 Å². The molecule has 3 aromatic rings. The van der Waals surface area contributed by atoms with Crippen molar-refractivity contribution in [3.05, 3.63) is 46.6 Å². The minimum Gasteiger partial charge on any atom is -0.395 e. The maximum absolute atomic E-state index is 8.98. The molecule has 0 atom stereocenters. The molecule has 0 aliphatic heterocycles. The lowest BCUT2D eigenvalue weighted by atomic mass is 10.2. The molecule has 0 aliphatic rings. The van der Waals surface area contributed by atoms with Gasteiger partial charge in [-0.3, -0.25) is 4.90 Å². The molecule has 0 saturated heterocycles. The SMILES string of the molecule is CN(CCO)Cc1ccnc(Nc2nc3ccc(Br)cc3s2)c1. The highest BCUT2D eigenvalue weighted by Crippen LogP contribution is 2.30. The van der Waals surface area contributed by atoms with Crippen molar-refractivity contribution < 1.29 is 5.11 Å². The first-order chi connectivity index (χ1) is 11.1. The van der Waals surface area contributed by atoms with E-state index in [1.165, 1.54) is 0 Å². The number of rotatable bonds is 6. The second-order valence-electron chi connectivity index (χ2n) is 5.27. The fourth-order valence-electron chi connectivity index (χ4n) is 2.26. The number of aliphatic hydroxyl groups is 1. The van der Waals surface area contributed by atoms with E-state index in [0.717, 1.165) is 37.7 Å². The second kappa shape index (κ2) is 7.35. The van der Waals surface area contributed by atoms with Crippen LogP contribution in [-0.2, 0) is 6.54 Å². The zero-order valence-electron chi connectivity index (χ0n) is 12.7. The van der Waals surface area contributed by atoms with E-state index in [9.17, 15) is 0 Å². The smallest absolute Gasteiger partial charge is 0.189 e. The number of halogens is 1. The molecular formula is C16H17BrN4OS. The summed E-state index contributed by atoms with van der Waals surface area (Å²) in [6.45, 7) is 1.58. The maximum atomic E-state index is 8.98. The number of hydrogen-bond acceptors (Lipinski definition) is 6. The fourth-order valence-corrected chi connectivity index (χ4v) is 3.69. The first kappa shape index (κ1) is 16.3. The molecule has 3 rings (SSSR count). The van der Waals surface area contributed by atoms with Crippen molar-refractivity contribution in [2.24, 2.45) is 0 Å². The third-order valence-corrected chi connectivity index (χ3v) is 4.77. The van der Waals surface area contributed by atoms with Crippen LogP contribution in [-0.4, -0.2) is 40.2 Å². The van der Waals surface area contributed by atoms with Gasteiger partial charge in [0.2, 0.25) is 0 Å². The van der Waals surface area contributed by atoms with Crippen LogP contribution in [0.15, 0.2) is 41.0 Å². The Bertz CT molecular complexity index is 808. The Morgan fingerprint density at radius 1 is 1.30 bits per heavy atom. The second-order valence-corrected chi connectivity index (χ2v) is 7.21. The van der Waals surface area contributed by atoms with Crippen molar-refractivity contribution in [1.82, 2.24) is 14.9 Å². The van der Waals surface area contributed by atoms with Crippen molar-refractivity contribution in [2.45, 2.75) is 6.54 Å². The summed E-state index contributed by atoms with van der Waals surface area (Å²) in [6.07, 6.45) is 1.79. The number of likely N-dealkylation sites (N-methyl/N-ethyl adjacent to an activating group) is 1. The van der Waals surface area contributed by atoms with E-state index in [0.29, 0.717) is 6.54 Å². The van der Waals surface area contributed by atoms with Crippen molar-refractivity contribution in [2.75, 3.05) is 25.5 Å². The minimum atomic E-state index is 0.161. The van der Waals surface area contributed by atoms with Crippen LogP contribution in [0.4, 0.5) is 10.9 Å². The molecule has 0 saturated carbocycles. The van der Waals surface area contributed by atoms with E-state index in [1.54, 1.807) is 17.5 Å². The highest BCUT2D eigenvalue weighted by molar-refractivity contribution is 9.10. The molecule has 120 valence electrons. The van der Waals surface area contributed by atoms with Gasteiger partial charge in [-0.05, 0) is 42.9 Å². The number of anilines is 2. The molecule has 0 aliphatic carbocycles. The van der Waals surface area contributed by atoms with Crippen LogP contribution >= 0.6 is 27.3 Å². The normalized spacial score (nSPS) is 11.3. The molecule has 2 N–H and O–H groups in total. The van der Waals surface area contributed by atoms with Crippen molar-refractivity contribution in [1.29, 1.82) is 0 Å². The fraction of sp³-hybridized carbons (Fsp3) is 0.250. The number of pyridine rings is 1. The number of thiazole rings is 1. The van der Waals surface area contributed by atoms with Gasteiger partial charge >= 0.3 is 0 Å². The largest absolute Gasteiger partial charge is 0.395 e. The summed E-state index contributed by atoms with van der Waals surface area (Å²) in [5.74, 6) is 0.776. The summed E-state index contributed by atoms with van der Waals surface area (Å²) < 4.78 is 2.17. The number of fused-ring (bicyclic) bond motifs is 1. The molecule has 2 heterocycles. The monoisotopic (exact) mass is 392 g/mol.